The minimum atomic E-state index is -0.860. The van der Waals surface area contributed by atoms with Gasteiger partial charge in [-0.3, -0.25) is 14.2 Å². The molecule has 2 aromatic rings. The lowest BCUT2D eigenvalue weighted by atomic mass is 10.0. The molecule has 116 valence electrons. The van der Waals surface area contributed by atoms with Gasteiger partial charge in [-0.1, -0.05) is 19.9 Å². The fourth-order valence-electron chi connectivity index (χ4n) is 3.13. The van der Waals surface area contributed by atoms with Gasteiger partial charge in [-0.2, -0.15) is 0 Å². The topological polar surface area (TPSA) is 72.2 Å². The summed E-state index contributed by atoms with van der Waals surface area (Å²) in [5.41, 5.74) is 0.553. The molecule has 0 aliphatic heterocycles. The number of thiophene rings is 1. The predicted molar refractivity (Wildman–Crippen MR) is 86.9 cm³/mol. The maximum atomic E-state index is 12.9. The van der Waals surface area contributed by atoms with Crippen LogP contribution in [0.5, 0.6) is 0 Å². The molecule has 5 nitrogen and oxygen atoms in total. The van der Waals surface area contributed by atoms with Crippen LogP contribution in [0, 0.1) is 0 Å². The predicted octanol–water partition coefficient (Wildman–Crippen LogP) is 2.88. The number of carboxylic acids is 1. The first-order valence-corrected chi connectivity index (χ1v) is 8.17. The Morgan fingerprint density at radius 2 is 2.32 bits per heavy atom. The van der Waals surface area contributed by atoms with Gasteiger partial charge < -0.3 is 5.11 Å². The molecule has 0 saturated carbocycles. The Kier molecular flexibility index (Phi) is 3.64. The first-order chi connectivity index (χ1) is 10.5. The number of rotatable bonds is 4. The van der Waals surface area contributed by atoms with Crippen molar-refractivity contribution in [2.24, 2.45) is 0 Å². The van der Waals surface area contributed by atoms with Crippen LogP contribution in [0.1, 0.15) is 48.4 Å². The van der Waals surface area contributed by atoms with Crippen molar-refractivity contribution in [2.75, 3.05) is 0 Å². The van der Waals surface area contributed by atoms with Crippen molar-refractivity contribution in [3.63, 3.8) is 0 Å². The Morgan fingerprint density at radius 1 is 1.59 bits per heavy atom. The molecule has 3 rings (SSSR count). The molecule has 1 N–H and O–H groups in total. The summed E-state index contributed by atoms with van der Waals surface area (Å²) in [5, 5.41) is 9.90. The van der Waals surface area contributed by atoms with Gasteiger partial charge in [0.25, 0.3) is 5.56 Å². The zero-order valence-corrected chi connectivity index (χ0v) is 13.4. The number of carbonyl (C=O) groups is 1. The van der Waals surface area contributed by atoms with Crippen LogP contribution in [0.15, 0.2) is 17.4 Å². The molecule has 1 atom stereocenters. The minimum absolute atomic E-state index is 0.115. The van der Waals surface area contributed by atoms with Crippen LogP contribution in [-0.2, 0) is 17.8 Å². The van der Waals surface area contributed by atoms with E-state index in [2.05, 4.69) is 11.6 Å². The summed E-state index contributed by atoms with van der Waals surface area (Å²) in [7, 11) is 0. The standard InChI is InChI=1S/C16H18N2O3S/c1-4-7-18-13(8(2)3)17-14-12(15(18)19)11-9(16(20)21)5-6-10(11)22-14/h4,8-9H,1,5-7H2,2-3H3,(H,20,21). The van der Waals surface area contributed by atoms with Gasteiger partial charge >= 0.3 is 5.97 Å². The fraction of sp³-hybridized carbons (Fsp3) is 0.438. The molecule has 0 amide bonds. The molecular weight excluding hydrogens is 300 g/mol. The number of hydrogen-bond acceptors (Lipinski definition) is 4. The Hall–Kier alpha value is -1.95. The minimum Gasteiger partial charge on any atom is -0.481 e. The van der Waals surface area contributed by atoms with Crippen LogP contribution in [0.25, 0.3) is 10.2 Å². The molecule has 1 aliphatic carbocycles. The summed E-state index contributed by atoms with van der Waals surface area (Å²) < 4.78 is 1.62. The van der Waals surface area contributed by atoms with Gasteiger partial charge in [0.2, 0.25) is 0 Å². The molecule has 0 aromatic carbocycles. The Bertz CT molecular complexity index is 832. The Morgan fingerprint density at radius 3 is 2.91 bits per heavy atom. The average molecular weight is 318 g/mol. The lowest BCUT2D eigenvalue weighted by molar-refractivity contribution is -0.138. The second-order valence-electron chi connectivity index (χ2n) is 5.88. The van der Waals surface area contributed by atoms with Crippen molar-refractivity contribution in [1.29, 1.82) is 0 Å². The summed E-state index contributed by atoms with van der Waals surface area (Å²) in [6.45, 7) is 8.08. The number of allylic oxidation sites excluding steroid dienone is 1. The van der Waals surface area contributed by atoms with Gasteiger partial charge in [0, 0.05) is 17.3 Å². The van der Waals surface area contributed by atoms with E-state index in [9.17, 15) is 14.7 Å². The van der Waals surface area contributed by atoms with Crippen molar-refractivity contribution in [3.05, 3.63) is 39.3 Å². The maximum absolute atomic E-state index is 12.9. The van der Waals surface area contributed by atoms with Crippen molar-refractivity contribution >= 4 is 27.5 Å². The second-order valence-corrected chi connectivity index (χ2v) is 6.96. The number of nitrogens with zero attached hydrogens (tertiary/aromatic N) is 2. The molecule has 0 radical (unpaired) electrons. The molecular formula is C16H18N2O3S. The number of fused-ring (bicyclic) bond motifs is 3. The van der Waals surface area contributed by atoms with E-state index < -0.39 is 11.9 Å². The monoisotopic (exact) mass is 318 g/mol. The van der Waals surface area contributed by atoms with E-state index in [1.807, 2.05) is 13.8 Å². The first kappa shape index (κ1) is 15.0. The third kappa shape index (κ3) is 2.09. The normalized spacial score (nSPS) is 17.1. The fourth-order valence-corrected chi connectivity index (χ4v) is 4.38. The van der Waals surface area contributed by atoms with Crippen LogP contribution >= 0.6 is 11.3 Å². The van der Waals surface area contributed by atoms with Crippen LogP contribution in [0.4, 0.5) is 0 Å². The molecule has 2 heterocycles. The summed E-state index contributed by atoms with van der Waals surface area (Å²) in [5.74, 6) is -0.602. The molecule has 0 bridgehead atoms. The maximum Gasteiger partial charge on any atom is 0.311 e. The van der Waals surface area contributed by atoms with Crippen molar-refractivity contribution < 1.29 is 9.90 Å². The number of hydrogen-bond donors (Lipinski definition) is 1. The highest BCUT2D eigenvalue weighted by molar-refractivity contribution is 7.18. The Balaban J connectivity index is 2.36. The van der Waals surface area contributed by atoms with Crippen LogP contribution in [0.2, 0.25) is 0 Å². The number of carboxylic acid groups (broad SMARTS) is 1. The molecule has 0 saturated heterocycles. The van der Waals surface area contributed by atoms with Crippen LogP contribution in [0.3, 0.4) is 0 Å². The van der Waals surface area contributed by atoms with Gasteiger partial charge in [-0.05, 0) is 18.4 Å². The summed E-state index contributed by atoms with van der Waals surface area (Å²) in [6.07, 6.45) is 2.95. The van der Waals surface area contributed by atoms with Crippen molar-refractivity contribution in [1.82, 2.24) is 9.55 Å². The van der Waals surface area contributed by atoms with E-state index in [-0.39, 0.29) is 11.5 Å². The van der Waals surface area contributed by atoms with Gasteiger partial charge in [0.15, 0.2) is 0 Å². The van der Waals surface area contributed by atoms with Crippen LogP contribution in [-0.4, -0.2) is 20.6 Å². The zero-order valence-electron chi connectivity index (χ0n) is 12.6. The highest BCUT2D eigenvalue weighted by Gasteiger charge is 2.34. The highest BCUT2D eigenvalue weighted by Crippen LogP contribution is 2.42. The Labute approximate surface area is 131 Å². The van der Waals surface area contributed by atoms with E-state index in [0.717, 1.165) is 10.7 Å². The van der Waals surface area contributed by atoms with Gasteiger partial charge in [0.05, 0.1) is 11.3 Å². The van der Waals surface area contributed by atoms with E-state index in [0.29, 0.717) is 35.2 Å². The smallest absolute Gasteiger partial charge is 0.311 e. The second kappa shape index (κ2) is 5.35. The molecule has 22 heavy (non-hydrogen) atoms. The van der Waals surface area contributed by atoms with E-state index in [1.165, 1.54) is 11.3 Å². The van der Waals surface area contributed by atoms with E-state index in [4.69, 9.17) is 0 Å². The molecule has 2 aromatic heterocycles. The molecule has 0 spiro atoms. The average Bonchev–Trinajstić information content (AvgIpc) is 2.99. The van der Waals surface area contributed by atoms with Gasteiger partial charge in [0.1, 0.15) is 10.7 Å². The van der Waals surface area contributed by atoms with Crippen LogP contribution < -0.4 is 5.56 Å². The molecule has 6 heteroatoms. The summed E-state index contributed by atoms with van der Waals surface area (Å²) >= 11 is 1.47. The molecule has 1 aliphatic rings. The lowest BCUT2D eigenvalue weighted by Crippen LogP contribution is -2.26. The third-order valence-corrected chi connectivity index (χ3v) is 5.25. The molecule has 0 fully saturated rings. The lowest BCUT2D eigenvalue weighted by Gasteiger charge is -2.14. The molecule has 1 unspecified atom stereocenters. The summed E-state index contributed by atoms with van der Waals surface area (Å²) in [4.78, 5) is 30.7. The number of aryl methyl sites for hydroxylation is 1. The van der Waals surface area contributed by atoms with Crippen molar-refractivity contribution in [2.45, 2.75) is 45.1 Å². The van der Waals surface area contributed by atoms with E-state index >= 15 is 0 Å². The number of aromatic nitrogens is 2. The number of aliphatic carboxylic acids is 1. The summed E-state index contributed by atoms with van der Waals surface area (Å²) in [6, 6.07) is 0. The quantitative estimate of drug-likeness (QED) is 0.880. The van der Waals surface area contributed by atoms with Crippen molar-refractivity contribution in [3.8, 4) is 0 Å². The highest BCUT2D eigenvalue weighted by atomic mass is 32.1. The van der Waals surface area contributed by atoms with Gasteiger partial charge in [-0.25, -0.2) is 4.98 Å². The SMILES string of the molecule is C=CCn1c(C(C)C)nc2sc3c(c2c1=O)C(C(=O)O)CC3. The largest absolute Gasteiger partial charge is 0.481 e. The third-order valence-electron chi connectivity index (χ3n) is 4.09. The van der Waals surface area contributed by atoms with Gasteiger partial charge in [-0.15, -0.1) is 17.9 Å². The van der Waals surface area contributed by atoms with E-state index in [1.54, 1.807) is 10.6 Å². The first-order valence-electron chi connectivity index (χ1n) is 7.35. The zero-order chi connectivity index (χ0) is 16.0.